The first kappa shape index (κ1) is 33.2. The van der Waals surface area contributed by atoms with Gasteiger partial charge in [-0.05, 0) is 42.0 Å². The number of aromatic nitrogens is 1. The maximum Gasteiger partial charge on any atom is 0.573 e. The molecule has 0 unspecified atom stereocenters. The van der Waals surface area contributed by atoms with Gasteiger partial charge in [-0.25, -0.2) is 4.39 Å². The van der Waals surface area contributed by atoms with Crippen molar-refractivity contribution in [1.29, 1.82) is 0 Å². The zero-order chi connectivity index (χ0) is 33.6. The number of carbonyl (C=O) groups is 2. The second-order valence-electron chi connectivity index (χ2n) is 11.2. The van der Waals surface area contributed by atoms with E-state index in [4.69, 9.17) is 16.3 Å². The first-order valence-corrected chi connectivity index (χ1v) is 14.2. The molecule has 0 atom stereocenters. The topological polar surface area (TPSA) is 102 Å². The lowest BCUT2D eigenvalue weighted by Crippen LogP contribution is -2.41. The lowest BCUT2D eigenvalue weighted by atomic mass is 9.77. The van der Waals surface area contributed by atoms with Crippen LogP contribution in [-0.2, 0) is 17.9 Å². The van der Waals surface area contributed by atoms with E-state index in [0.29, 0.717) is 36.6 Å². The Balaban J connectivity index is 1.49. The van der Waals surface area contributed by atoms with Crippen molar-refractivity contribution in [3.05, 3.63) is 62.7 Å². The van der Waals surface area contributed by atoms with Crippen molar-refractivity contribution in [3.63, 3.8) is 0 Å². The number of nitrogens with zero attached hydrogens (tertiary/aromatic N) is 2. The summed E-state index contributed by atoms with van der Waals surface area (Å²) in [7, 11) is 1.13. The molecule has 0 saturated carbocycles. The maximum absolute atomic E-state index is 15.8. The molecule has 1 aromatic heterocycles. The molecule has 248 valence electrons. The summed E-state index contributed by atoms with van der Waals surface area (Å²) in [5.41, 5.74) is -2.56. The van der Waals surface area contributed by atoms with Gasteiger partial charge in [-0.15, -0.1) is 13.2 Å². The fourth-order valence-corrected chi connectivity index (χ4v) is 6.14. The average molecular weight is 679 g/mol. The van der Waals surface area contributed by atoms with Crippen LogP contribution >= 0.6 is 11.6 Å². The number of anilines is 1. The number of methoxy groups -OCH3 is 1. The van der Waals surface area contributed by atoms with Crippen LogP contribution in [0.2, 0.25) is 5.02 Å². The number of ether oxygens (including phenoxy) is 2. The molecule has 46 heavy (non-hydrogen) atoms. The van der Waals surface area contributed by atoms with Gasteiger partial charge in [-0.3, -0.25) is 14.4 Å². The predicted octanol–water partition coefficient (Wildman–Crippen LogP) is 5.30. The highest BCUT2D eigenvalue weighted by Crippen LogP contribution is 2.44. The van der Waals surface area contributed by atoms with Gasteiger partial charge in [0.2, 0.25) is 11.3 Å². The van der Waals surface area contributed by atoms with E-state index in [1.807, 2.05) is 0 Å². The third-order valence-electron chi connectivity index (χ3n) is 8.08. The lowest BCUT2D eigenvalue weighted by molar-refractivity contribution is -0.274. The Kier molecular flexibility index (Phi) is 8.79. The summed E-state index contributed by atoms with van der Waals surface area (Å²) in [6.07, 6.45) is -7.78. The maximum atomic E-state index is 15.8. The van der Waals surface area contributed by atoms with Crippen LogP contribution in [0, 0.1) is 11.2 Å². The summed E-state index contributed by atoms with van der Waals surface area (Å²) < 4.78 is 104. The minimum absolute atomic E-state index is 0.0875. The molecule has 2 aromatic carbocycles. The predicted molar refractivity (Wildman–Crippen MR) is 152 cm³/mol. The van der Waals surface area contributed by atoms with Crippen LogP contribution in [0.25, 0.3) is 10.9 Å². The van der Waals surface area contributed by atoms with Gasteiger partial charge in [0, 0.05) is 43.8 Å². The number of amides is 2. The summed E-state index contributed by atoms with van der Waals surface area (Å²) in [6.45, 7) is -1.08. The number of alkyl halides is 6. The third kappa shape index (κ3) is 6.95. The van der Waals surface area contributed by atoms with E-state index in [1.165, 1.54) is 0 Å². The average Bonchev–Trinajstić information content (AvgIpc) is 3.31. The van der Waals surface area contributed by atoms with Crippen molar-refractivity contribution < 1.29 is 49.8 Å². The number of rotatable bonds is 7. The SMILES string of the molecule is COc1c(N2CCC3(CC2)CNC(=O)C3)c(F)cc2c(=O)c(C(=O)NCc3ccc(OC(F)(F)F)cc3Cl)cn(CC(F)(F)F)c12. The Morgan fingerprint density at radius 3 is 2.37 bits per heavy atom. The second kappa shape index (κ2) is 12.2. The fraction of sp³-hybridized carbons (Fsp3) is 0.414. The smallest absolute Gasteiger partial charge is 0.492 e. The number of halogens is 8. The molecule has 2 fully saturated rings. The Bertz CT molecular complexity index is 1750. The summed E-state index contributed by atoms with van der Waals surface area (Å²) in [5, 5.41) is 4.33. The monoisotopic (exact) mass is 678 g/mol. The molecule has 5 rings (SSSR count). The van der Waals surface area contributed by atoms with E-state index < -0.39 is 59.5 Å². The molecule has 9 nitrogen and oxygen atoms in total. The third-order valence-corrected chi connectivity index (χ3v) is 8.43. The molecule has 3 heterocycles. The van der Waals surface area contributed by atoms with E-state index in [1.54, 1.807) is 4.90 Å². The van der Waals surface area contributed by atoms with Gasteiger partial charge < -0.3 is 29.6 Å². The zero-order valence-electron chi connectivity index (χ0n) is 24.0. The minimum atomic E-state index is -4.97. The number of carbonyl (C=O) groups excluding carboxylic acids is 2. The number of pyridine rings is 1. The molecule has 1 spiro atoms. The standard InChI is InChI=1S/C29H26ClF7N4O5/c1-45-25-22-17(9-20(31)23(25)40-6-4-27(5-7-40)10-21(42)39-13-27)24(43)18(12-41(22)14-28(32,33)34)26(44)38-11-15-2-3-16(8-19(15)30)46-29(35,36)37/h2-3,8-9,12H,4-7,10-11,13-14H2,1H3,(H,38,44)(H,39,42). The van der Waals surface area contributed by atoms with E-state index in [2.05, 4.69) is 15.4 Å². The van der Waals surface area contributed by atoms with Gasteiger partial charge in [0.1, 0.15) is 23.5 Å². The molecule has 0 aliphatic carbocycles. The largest absolute Gasteiger partial charge is 0.573 e. The van der Waals surface area contributed by atoms with Crippen molar-refractivity contribution in [2.24, 2.45) is 5.41 Å². The molecule has 2 N–H and O–H groups in total. The van der Waals surface area contributed by atoms with Crippen LogP contribution < -0.4 is 30.4 Å². The fourth-order valence-electron chi connectivity index (χ4n) is 5.91. The Morgan fingerprint density at radius 2 is 1.80 bits per heavy atom. The first-order chi connectivity index (χ1) is 21.5. The highest BCUT2D eigenvalue weighted by atomic mass is 35.5. The van der Waals surface area contributed by atoms with Crippen molar-refractivity contribution in [2.45, 2.75) is 44.9 Å². The summed E-state index contributed by atoms with van der Waals surface area (Å²) in [5.74, 6) is -3.13. The van der Waals surface area contributed by atoms with Crippen LogP contribution in [-0.4, -0.2) is 55.7 Å². The number of hydrogen-bond acceptors (Lipinski definition) is 6. The van der Waals surface area contributed by atoms with Gasteiger partial charge in [0.25, 0.3) is 5.91 Å². The molecule has 17 heteroatoms. The lowest BCUT2D eigenvalue weighted by Gasteiger charge is -2.40. The van der Waals surface area contributed by atoms with Crippen LogP contribution in [0.3, 0.4) is 0 Å². The van der Waals surface area contributed by atoms with Gasteiger partial charge in [-0.1, -0.05) is 17.7 Å². The summed E-state index contributed by atoms with van der Waals surface area (Å²) in [4.78, 5) is 40.0. The first-order valence-electron chi connectivity index (χ1n) is 13.8. The molecule has 0 radical (unpaired) electrons. The van der Waals surface area contributed by atoms with E-state index in [-0.39, 0.29) is 52.0 Å². The van der Waals surface area contributed by atoms with Crippen molar-refractivity contribution in [1.82, 2.24) is 15.2 Å². The van der Waals surface area contributed by atoms with Gasteiger partial charge in [-0.2, -0.15) is 13.2 Å². The summed E-state index contributed by atoms with van der Waals surface area (Å²) in [6, 6.07) is 3.67. The number of fused-ring (bicyclic) bond motifs is 1. The molecule has 2 amide bonds. The van der Waals surface area contributed by atoms with E-state index in [9.17, 15) is 40.7 Å². The van der Waals surface area contributed by atoms with Gasteiger partial charge in [0.15, 0.2) is 11.6 Å². The molecule has 2 aliphatic heterocycles. The summed E-state index contributed by atoms with van der Waals surface area (Å²) >= 11 is 6.00. The van der Waals surface area contributed by atoms with Crippen LogP contribution in [0.1, 0.15) is 35.2 Å². The number of benzene rings is 2. The molecule has 0 bridgehead atoms. The van der Waals surface area contributed by atoms with E-state index in [0.717, 1.165) is 31.4 Å². The Morgan fingerprint density at radius 1 is 1.11 bits per heavy atom. The van der Waals surface area contributed by atoms with E-state index >= 15 is 4.39 Å². The van der Waals surface area contributed by atoms with Crippen LogP contribution in [0.5, 0.6) is 11.5 Å². The number of nitrogens with one attached hydrogen (secondary N) is 2. The van der Waals surface area contributed by atoms with Crippen molar-refractivity contribution in [2.75, 3.05) is 31.6 Å². The van der Waals surface area contributed by atoms with Gasteiger partial charge in [0.05, 0.1) is 18.0 Å². The number of hydrogen-bond donors (Lipinski definition) is 2. The Labute approximate surface area is 261 Å². The highest BCUT2D eigenvalue weighted by Gasteiger charge is 2.42. The second-order valence-corrected chi connectivity index (χ2v) is 11.6. The normalized spacial score (nSPS) is 16.5. The highest BCUT2D eigenvalue weighted by molar-refractivity contribution is 6.31. The molecule has 2 saturated heterocycles. The van der Waals surface area contributed by atoms with Crippen LogP contribution in [0.4, 0.5) is 36.4 Å². The molecular formula is C29H26ClF7N4O5. The molecular weight excluding hydrogens is 653 g/mol. The minimum Gasteiger partial charge on any atom is -0.492 e. The van der Waals surface area contributed by atoms with Crippen molar-refractivity contribution >= 4 is 40.0 Å². The number of piperidine rings is 1. The zero-order valence-corrected chi connectivity index (χ0v) is 24.8. The quantitative estimate of drug-likeness (QED) is 0.329. The van der Waals surface area contributed by atoms with Crippen LogP contribution in [0.15, 0.2) is 35.3 Å². The Hall–Kier alpha value is -4.21. The van der Waals surface area contributed by atoms with Gasteiger partial charge >= 0.3 is 12.5 Å². The van der Waals surface area contributed by atoms with Crippen molar-refractivity contribution in [3.8, 4) is 11.5 Å². The molecule has 3 aromatic rings. The molecule has 2 aliphatic rings.